The Kier molecular flexibility index (Phi) is 5.09. The zero-order valence-electron chi connectivity index (χ0n) is 18.8. The lowest BCUT2D eigenvalue weighted by Crippen LogP contribution is -2.21. The number of nitrogens with one attached hydrogen (secondary N) is 1. The van der Waals surface area contributed by atoms with Gasteiger partial charge in [-0.25, -0.2) is 4.79 Å². The Bertz CT molecular complexity index is 1680. The number of aromatic nitrogens is 4. The first-order valence-electron chi connectivity index (χ1n) is 10.6. The van der Waals surface area contributed by atoms with Gasteiger partial charge in [0.2, 0.25) is 11.7 Å². The van der Waals surface area contributed by atoms with Crippen LogP contribution in [0.25, 0.3) is 27.5 Å². The minimum absolute atomic E-state index is 0.173. The summed E-state index contributed by atoms with van der Waals surface area (Å²) in [5.41, 5.74) is 2.00. The van der Waals surface area contributed by atoms with E-state index in [1.54, 1.807) is 23.6 Å². The van der Waals surface area contributed by atoms with Gasteiger partial charge in [-0.2, -0.15) is 0 Å². The van der Waals surface area contributed by atoms with E-state index in [1.165, 1.54) is 11.5 Å². The van der Waals surface area contributed by atoms with E-state index in [1.807, 2.05) is 49.4 Å². The van der Waals surface area contributed by atoms with Gasteiger partial charge in [0.05, 0.1) is 22.2 Å². The topological polar surface area (TPSA) is 108 Å². The second-order valence-corrected chi connectivity index (χ2v) is 8.14. The molecule has 0 bridgehead atoms. The molecular weight excluding hydrogens is 434 g/mol. The Morgan fingerprint density at radius 2 is 1.76 bits per heavy atom. The number of anilines is 1. The summed E-state index contributed by atoms with van der Waals surface area (Å²) in [4.78, 5) is 37.5. The molecule has 0 aliphatic carbocycles. The molecule has 2 aromatic heterocycles. The van der Waals surface area contributed by atoms with Crippen molar-refractivity contribution in [2.45, 2.75) is 20.5 Å². The van der Waals surface area contributed by atoms with Crippen molar-refractivity contribution >= 4 is 45.0 Å². The predicted octanol–water partition coefficient (Wildman–Crippen LogP) is 3.36. The second kappa shape index (κ2) is 8.11. The first-order valence-corrected chi connectivity index (χ1v) is 10.6. The summed E-state index contributed by atoms with van der Waals surface area (Å²) in [6.45, 7) is 3.12. The summed E-state index contributed by atoms with van der Waals surface area (Å²) in [5, 5.41) is 13.2. The average Bonchev–Trinajstić information content (AvgIpc) is 3.24. The Balaban J connectivity index is 1.54. The van der Waals surface area contributed by atoms with Gasteiger partial charge >= 0.3 is 5.97 Å². The van der Waals surface area contributed by atoms with Gasteiger partial charge in [0, 0.05) is 14.0 Å². The Hall–Kier alpha value is -4.53. The Labute approximate surface area is 193 Å². The quantitative estimate of drug-likeness (QED) is 0.417. The van der Waals surface area contributed by atoms with Crippen LogP contribution in [0.3, 0.4) is 0 Å². The molecule has 0 aliphatic rings. The highest BCUT2D eigenvalue weighted by atomic mass is 16.5. The SMILES string of the molecule is CC(=O)Nc1cc2ccccc2cc1C(=O)OCc1nnc2n(C)c(=O)c3cc(C)ccc3n12. The molecule has 1 N–H and O–H groups in total. The van der Waals surface area contributed by atoms with Crippen molar-refractivity contribution in [2.24, 2.45) is 7.05 Å². The van der Waals surface area contributed by atoms with Crippen LogP contribution in [0.1, 0.15) is 28.7 Å². The molecule has 3 aromatic carbocycles. The van der Waals surface area contributed by atoms with Gasteiger partial charge in [0.1, 0.15) is 0 Å². The lowest BCUT2D eigenvalue weighted by molar-refractivity contribution is -0.114. The van der Waals surface area contributed by atoms with E-state index in [-0.39, 0.29) is 23.6 Å². The van der Waals surface area contributed by atoms with Crippen LogP contribution in [0.2, 0.25) is 0 Å². The molecule has 9 nitrogen and oxygen atoms in total. The van der Waals surface area contributed by atoms with Gasteiger partial charge in [0.25, 0.3) is 5.56 Å². The molecule has 1 amide bonds. The summed E-state index contributed by atoms with van der Waals surface area (Å²) < 4.78 is 8.72. The van der Waals surface area contributed by atoms with Crippen molar-refractivity contribution in [3.8, 4) is 0 Å². The van der Waals surface area contributed by atoms with Crippen molar-refractivity contribution in [3.63, 3.8) is 0 Å². The predicted molar refractivity (Wildman–Crippen MR) is 128 cm³/mol. The van der Waals surface area contributed by atoms with E-state index in [0.29, 0.717) is 28.2 Å². The molecule has 170 valence electrons. The zero-order chi connectivity index (χ0) is 24.0. The number of carbonyl (C=O) groups excluding carboxylic acids is 2. The fraction of sp³-hybridized carbons (Fsp3) is 0.160. The number of fused-ring (bicyclic) bond motifs is 4. The average molecular weight is 455 g/mol. The number of ether oxygens (including phenoxy) is 1. The summed E-state index contributed by atoms with van der Waals surface area (Å²) >= 11 is 0. The zero-order valence-corrected chi connectivity index (χ0v) is 18.8. The van der Waals surface area contributed by atoms with Crippen molar-refractivity contribution in [1.82, 2.24) is 19.2 Å². The molecule has 9 heteroatoms. The van der Waals surface area contributed by atoms with Crippen LogP contribution in [0, 0.1) is 6.92 Å². The molecule has 5 rings (SSSR count). The number of rotatable bonds is 4. The molecule has 0 fully saturated rings. The number of nitrogens with zero attached hydrogens (tertiary/aromatic N) is 4. The van der Waals surface area contributed by atoms with E-state index in [0.717, 1.165) is 16.3 Å². The van der Waals surface area contributed by atoms with Crippen molar-refractivity contribution in [1.29, 1.82) is 0 Å². The normalized spacial score (nSPS) is 11.3. The van der Waals surface area contributed by atoms with E-state index in [2.05, 4.69) is 15.5 Å². The molecule has 34 heavy (non-hydrogen) atoms. The van der Waals surface area contributed by atoms with Gasteiger partial charge in [-0.3, -0.25) is 18.6 Å². The number of benzene rings is 3. The minimum Gasteiger partial charge on any atom is -0.454 e. The van der Waals surface area contributed by atoms with E-state index < -0.39 is 5.97 Å². The van der Waals surface area contributed by atoms with Crippen molar-refractivity contribution in [2.75, 3.05) is 5.32 Å². The Morgan fingerprint density at radius 3 is 2.50 bits per heavy atom. The standard InChI is InChI=1S/C25H21N5O4/c1-14-8-9-21-19(10-14)23(32)29(3)25-28-27-22(30(21)25)13-34-24(33)18-11-16-6-4-5-7-17(16)12-20(18)26-15(2)31/h4-12H,13H2,1-3H3,(H,26,31). The molecule has 2 heterocycles. The summed E-state index contributed by atoms with van der Waals surface area (Å²) in [5.74, 6) is -0.196. The number of hydrogen-bond donors (Lipinski definition) is 1. The monoisotopic (exact) mass is 455 g/mol. The van der Waals surface area contributed by atoms with Gasteiger partial charge < -0.3 is 10.1 Å². The van der Waals surface area contributed by atoms with Crippen LogP contribution in [0.5, 0.6) is 0 Å². The van der Waals surface area contributed by atoms with Gasteiger partial charge in [-0.1, -0.05) is 35.9 Å². The number of esters is 1. The third-order valence-corrected chi connectivity index (χ3v) is 5.69. The highest BCUT2D eigenvalue weighted by molar-refractivity contribution is 6.05. The summed E-state index contributed by atoms with van der Waals surface area (Å²) in [6, 6.07) is 16.5. The van der Waals surface area contributed by atoms with Crippen molar-refractivity contribution in [3.05, 3.63) is 81.9 Å². The Morgan fingerprint density at radius 1 is 1.03 bits per heavy atom. The molecule has 0 atom stereocenters. The molecule has 0 spiro atoms. The molecule has 0 unspecified atom stereocenters. The van der Waals surface area contributed by atoms with Crippen LogP contribution in [0.15, 0.2) is 59.4 Å². The van der Waals surface area contributed by atoms with Crippen LogP contribution in [-0.2, 0) is 23.2 Å². The molecule has 0 aliphatic heterocycles. The van der Waals surface area contributed by atoms with Gasteiger partial charge in [-0.05, 0) is 42.0 Å². The highest BCUT2D eigenvalue weighted by Crippen LogP contribution is 2.25. The number of amides is 1. The van der Waals surface area contributed by atoms with Crippen LogP contribution >= 0.6 is 0 Å². The second-order valence-electron chi connectivity index (χ2n) is 8.14. The van der Waals surface area contributed by atoms with E-state index in [4.69, 9.17) is 4.74 Å². The summed E-state index contributed by atoms with van der Waals surface area (Å²) in [7, 11) is 1.62. The smallest absolute Gasteiger partial charge is 0.340 e. The maximum Gasteiger partial charge on any atom is 0.340 e. The maximum absolute atomic E-state index is 13.1. The third kappa shape index (κ3) is 3.57. The van der Waals surface area contributed by atoms with E-state index in [9.17, 15) is 14.4 Å². The first kappa shape index (κ1) is 21.3. The number of hydrogen-bond acceptors (Lipinski definition) is 6. The molecule has 0 radical (unpaired) electrons. The third-order valence-electron chi connectivity index (χ3n) is 5.69. The lowest BCUT2D eigenvalue weighted by atomic mass is 10.0. The number of carbonyl (C=O) groups is 2. The highest BCUT2D eigenvalue weighted by Gasteiger charge is 2.19. The fourth-order valence-electron chi connectivity index (χ4n) is 4.06. The first-order chi connectivity index (χ1) is 16.3. The van der Waals surface area contributed by atoms with Crippen molar-refractivity contribution < 1.29 is 14.3 Å². The molecular formula is C25H21N5O4. The van der Waals surface area contributed by atoms with Crippen LogP contribution in [0.4, 0.5) is 5.69 Å². The fourth-order valence-corrected chi connectivity index (χ4v) is 4.06. The van der Waals surface area contributed by atoms with E-state index >= 15 is 0 Å². The number of aryl methyl sites for hydroxylation is 2. The lowest BCUT2D eigenvalue weighted by Gasteiger charge is -2.12. The maximum atomic E-state index is 13.1. The molecule has 0 saturated heterocycles. The molecule has 0 saturated carbocycles. The van der Waals surface area contributed by atoms with Gasteiger partial charge in [-0.15, -0.1) is 10.2 Å². The van der Waals surface area contributed by atoms with Crippen LogP contribution in [-0.4, -0.2) is 31.0 Å². The molecule has 5 aromatic rings. The van der Waals surface area contributed by atoms with Crippen LogP contribution < -0.4 is 10.9 Å². The summed E-state index contributed by atoms with van der Waals surface area (Å²) in [6.07, 6.45) is 0. The largest absolute Gasteiger partial charge is 0.454 e. The minimum atomic E-state index is -0.615. The van der Waals surface area contributed by atoms with Gasteiger partial charge in [0.15, 0.2) is 12.4 Å².